The van der Waals surface area contributed by atoms with Gasteiger partial charge in [-0.25, -0.2) is 4.98 Å². The number of rotatable bonds is 3. The number of nitrogens with one attached hydrogen (secondary N) is 1. The molecule has 3 rings (SSSR count). The molecule has 1 N–H and O–H groups in total. The highest BCUT2D eigenvalue weighted by Crippen LogP contribution is 2.16. The molecule has 8 heteroatoms. The SMILES string of the molecule is Cn1cc(C(=O)NC2CCN(C(=O)c3ccnc(Cl)c3)CC2)cn1. The minimum Gasteiger partial charge on any atom is -0.349 e. The van der Waals surface area contributed by atoms with Crippen molar-refractivity contribution in [2.45, 2.75) is 18.9 Å². The highest BCUT2D eigenvalue weighted by molar-refractivity contribution is 6.29. The summed E-state index contributed by atoms with van der Waals surface area (Å²) in [7, 11) is 1.77. The van der Waals surface area contributed by atoms with Crippen LogP contribution < -0.4 is 5.32 Å². The lowest BCUT2D eigenvalue weighted by Crippen LogP contribution is -2.46. The van der Waals surface area contributed by atoms with E-state index in [1.54, 1.807) is 41.2 Å². The van der Waals surface area contributed by atoms with Crippen LogP contribution in [-0.4, -0.2) is 50.6 Å². The molecular weight excluding hydrogens is 330 g/mol. The van der Waals surface area contributed by atoms with E-state index in [4.69, 9.17) is 11.6 Å². The second-order valence-electron chi connectivity index (χ2n) is 5.81. The molecule has 126 valence electrons. The second kappa shape index (κ2) is 7.00. The number of pyridine rings is 1. The molecule has 24 heavy (non-hydrogen) atoms. The molecule has 0 unspecified atom stereocenters. The number of carbonyl (C=O) groups excluding carboxylic acids is 2. The molecule has 1 aliphatic heterocycles. The van der Waals surface area contributed by atoms with Gasteiger partial charge in [-0.2, -0.15) is 5.10 Å². The molecule has 0 spiro atoms. The largest absolute Gasteiger partial charge is 0.349 e. The predicted octanol–water partition coefficient (Wildman–Crippen LogP) is 1.50. The summed E-state index contributed by atoms with van der Waals surface area (Å²) in [5.41, 5.74) is 1.08. The van der Waals surface area contributed by atoms with Crippen molar-refractivity contribution in [3.63, 3.8) is 0 Å². The number of likely N-dealkylation sites (tertiary alicyclic amines) is 1. The van der Waals surface area contributed by atoms with Gasteiger partial charge >= 0.3 is 0 Å². The summed E-state index contributed by atoms with van der Waals surface area (Å²) >= 11 is 5.83. The number of nitrogens with zero attached hydrogens (tertiary/aromatic N) is 4. The zero-order valence-corrected chi connectivity index (χ0v) is 14.0. The third-order valence-corrected chi connectivity index (χ3v) is 4.26. The Morgan fingerprint density at radius 3 is 2.67 bits per heavy atom. The number of aryl methyl sites for hydroxylation is 1. The first-order valence-electron chi connectivity index (χ1n) is 7.73. The van der Waals surface area contributed by atoms with Crippen molar-refractivity contribution in [2.24, 2.45) is 7.05 Å². The summed E-state index contributed by atoms with van der Waals surface area (Å²) in [5.74, 6) is -0.190. The van der Waals surface area contributed by atoms with E-state index < -0.39 is 0 Å². The van der Waals surface area contributed by atoms with E-state index in [0.29, 0.717) is 29.4 Å². The summed E-state index contributed by atoms with van der Waals surface area (Å²) in [4.78, 5) is 30.2. The van der Waals surface area contributed by atoms with Crippen molar-refractivity contribution in [2.75, 3.05) is 13.1 Å². The average molecular weight is 348 g/mol. The Kier molecular flexibility index (Phi) is 4.80. The fourth-order valence-electron chi connectivity index (χ4n) is 2.75. The topological polar surface area (TPSA) is 80.1 Å². The monoisotopic (exact) mass is 347 g/mol. The Morgan fingerprint density at radius 2 is 2.04 bits per heavy atom. The summed E-state index contributed by atoms with van der Waals surface area (Å²) < 4.78 is 1.59. The summed E-state index contributed by atoms with van der Waals surface area (Å²) in [5, 5.41) is 7.29. The molecule has 1 fully saturated rings. The van der Waals surface area contributed by atoms with Crippen LogP contribution in [0.3, 0.4) is 0 Å². The van der Waals surface area contributed by atoms with Crippen molar-refractivity contribution in [1.82, 2.24) is 25.0 Å². The Balaban J connectivity index is 1.54. The molecule has 2 aromatic rings. The van der Waals surface area contributed by atoms with Crippen molar-refractivity contribution < 1.29 is 9.59 Å². The molecule has 3 heterocycles. The Labute approximate surface area is 144 Å². The minimum atomic E-state index is -0.131. The highest BCUT2D eigenvalue weighted by Gasteiger charge is 2.25. The molecule has 2 aromatic heterocycles. The molecule has 7 nitrogen and oxygen atoms in total. The fraction of sp³-hybridized carbons (Fsp3) is 0.375. The van der Waals surface area contributed by atoms with Crippen LogP contribution in [0.4, 0.5) is 0 Å². The molecule has 0 aromatic carbocycles. The van der Waals surface area contributed by atoms with Crippen molar-refractivity contribution in [3.05, 3.63) is 47.0 Å². The van der Waals surface area contributed by atoms with Gasteiger partial charge in [-0.05, 0) is 25.0 Å². The lowest BCUT2D eigenvalue weighted by Gasteiger charge is -2.32. The van der Waals surface area contributed by atoms with Gasteiger partial charge in [-0.3, -0.25) is 14.3 Å². The number of hydrogen-bond donors (Lipinski definition) is 1. The van der Waals surface area contributed by atoms with Crippen LogP contribution in [-0.2, 0) is 7.05 Å². The normalized spacial score (nSPS) is 15.3. The summed E-state index contributed by atoms with van der Waals surface area (Å²) in [6, 6.07) is 3.28. The first-order chi connectivity index (χ1) is 11.5. The van der Waals surface area contributed by atoms with Gasteiger partial charge in [-0.1, -0.05) is 11.6 Å². The smallest absolute Gasteiger partial charge is 0.254 e. The predicted molar refractivity (Wildman–Crippen MR) is 88.8 cm³/mol. The number of hydrogen-bond acceptors (Lipinski definition) is 4. The first-order valence-corrected chi connectivity index (χ1v) is 8.11. The Hall–Kier alpha value is -2.41. The average Bonchev–Trinajstić information content (AvgIpc) is 3.01. The summed E-state index contributed by atoms with van der Waals surface area (Å²) in [6.45, 7) is 1.19. The van der Waals surface area contributed by atoms with Crippen LogP contribution in [0.25, 0.3) is 0 Å². The molecule has 1 saturated heterocycles. The van der Waals surface area contributed by atoms with E-state index in [2.05, 4.69) is 15.4 Å². The van der Waals surface area contributed by atoms with Crippen LogP contribution in [0, 0.1) is 0 Å². The number of halogens is 1. The number of amides is 2. The van der Waals surface area contributed by atoms with E-state index in [1.807, 2.05) is 0 Å². The van der Waals surface area contributed by atoms with Gasteiger partial charge in [0.15, 0.2) is 0 Å². The van der Waals surface area contributed by atoms with Gasteiger partial charge in [0.1, 0.15) is 5.15 Å². The van der Waals surface area contributed by atoms with Crippen LogP contribution in [0.15, 0.2) is 30.7 Å². The third kappa shape index (κ3) is 3.73. The van der Waals surface area contributed by atoms with Gasteiger partial charge in [0.05, 0.1) is 11.8 Å². The Morgan fingerprint density at radius 1 is 1.29 bits per heavy atom. The standard InChI is InChI=1S/C16H18ClN5O2/c1-21-10-12(9-19-21)15(23)20-13-3-6-22(7-4-13)16(24)11-2-5-18-14(17)8-11/h2,5,8-10,13H,3-4,6-7H2,1H3,(H,20,23). The maximum atomic E-state index is 12.4. The zero-order chi connectivity index (χ0) is 17.1. The van der Waals surface area contributed by atoms with E-state index in [1.165, 1.54) is 6.20 Å². The van der Waals surface area contributed by atoms with Gasteiger partial charge in [0.25, 0.3) is 11.8 Å². The zero-order valence-electron chi connectivity index (χ0n) is 13.3. The second-order valence-corrected chi connectivity index (χ2v) is 6.20. The van der Waals surface area contributed by atoms with Crippen LogP contribution in [0.5, 0.6) is 0 Å². The summed E-state index contributed by atoms with van der Waals surface area (Å²) in [6.07, 6.45) is 6.19. The molecular formula is C16H18ClN5O2. The molecule has 1 aliphatic rings. The van der Waals surface area contributed by atoms with Gasteiger partial charge in [-0.15, -0.1) is 0 Å². The number of piperidine rings is 1. The maximum absolute atomic E-state index is 12.4. The van der Waals surface area contributed by atoms with Crippen LogP contribution >= 0.6 is 11.6 Å². The molecule has 2 amide bonds. The quantitative estimate of drug-likeness (QED) is 0.853. The minimum absolute atomic E-state index is 0.0581. The fourth-order valence-corrected chi connectivity index (χ4v) is 2.93. The lowest BCUT2D eigenvalue weighted by molar-refractivity contribution is 0.0698. The molecule has 0 bridgehead atoms. The lowest BCUT2D eigenvalue weighted by atomic mass is 10.0. The van der Waals surface area contributed by atoms with E-state index in [9.17, 15) is 9.59 Å². The van der Waals surface area contributed by atoms with E-state index >= 15 is 0 Å². The van der Waals surface area contributed by atoms with Crippen molar-refractivity contribution >= 4 is 23.4 Å². The molecule has 0 atom stereocenters. The van der Waals surface area contributed by atoms with E-state index in [0.717, 1.165) is 12.8 Å². The van der Waals surface area contributed by atoms with E-state index in [-0.39, 0.29) is 17.9 Å². The molecule has 0 aliphatic carbocycles. The Bertz CT molecular complexity index is 752. The van der Waals surface area contributed by atoms with Crippen LogP contribution in [0.2, 0.25) is 5.15 Å². The van der Waals surface area contributed by atoms with Crippen LogP contribution in [0.1, 0.15) is 33.6 Å². The van der Waals surface area contributed by atoms with Gasteiger partial charge in [0.2, 0.25) is 0 Å². The highest BCUT2D eigenvalue weighted by atomic mass is 35.5. The van der Waals surface area contributed by atoms with Gasteiger partial charge < -0.3 is 10.2 Å². The number of carbonyl (C=O) groups is 2. The van der Waals surface area contributed by atoms with Gasteiger partial charge in [0, 0.05) is 44.1 Å². The first kappa shape index (κ1) is 16.4. The maximum Gasteiger partial charge on any atom is 0.254 e. The van der Waals surface area contributed by atoms with Crippen molar-refractivity contribution in [1.29, 1.82) is 0 Å². The van der Waals surface area contributed by atoms with Crippen molar-refractivity contribution in [3.8, 4) is 0 Å². The molecule has 0 saturated carbocycles. The molecule has 0 radical (unpaired) electrons. The number of aromatic nitrogens is 3. The third-order valence-electron chi connectivity index (χ3n) is 4.06.